The lowest BCUT2D eigenvalue weighted by molar-refractivity contribution is -0.146. The van der Waals surface area contributed by atoms with Crippen LogP contribution in [0.25, 0.3) is 21.4 Å². The summed E-state index contributed by atoms with van der Waals surface area (Å²) in [5.41, 5.74) is 2.21. The van der Waals surface area contributed by atoms with Crippen LogP contribution in [0.15, 0.2) is 51.8 Å². The first-order chi connectivity index (χ1) is 16.5. The second kappa shape index (κ2) is 10.5. The Balaban J connectivity index is 1.39. The molecular formula is C24H21NO7S2. The zero-order chi connectivity index (χ0) is 24.1. The average Bonchev–Trinajstić information content (AvgIpc) is 3.58. The van der Waals surface area contributed by atoms with Crippen LogP contribution < -0.4 is 10.1 Å². The van der Waals surface area contributed by atoms with Crippen LogP contribution in [0, 0.1) is 0 Å². The van der Waals surface area contributed by atoms with Gasteiger partial charge in [-0.1, -0.05) is 6.07 Å². The van der Waals surface area contributed by atoms with Crippen molar-refractivity contribution in [1.82, 2.24) is 0 Å². The van der Waals surface area contributed by atoms with Crippen LogP contribution in [-0.2, 0) is 25.5 Å². The van der Waals surface area contributed by atoms with Crippen molar-refractivity contribution in [1.29, 1.82) is 0 Å². The number of carbonyl (C=O) groups is 3. The SMILES string of the molecule is CCOC(=O)c1c(-c2cccs2)csc1NC(=O)COC(=O)Cc1coc2cc(OC)ccc12. The number of thiophene rings is 2. The van der Waals surface area contributed by atoms with Crippen molar-refractivity contribution in [2.75, 3.05) is 25.6 Å². The molecule has 1 amide bonds. The Bertz CT molecular complexity index is 1320. The van der Waals surface area contributed by atoms with Gasteiger partial charge >= 0.3 is 11.9 Å². The van der Waals surface area contributed by atoms with Gasteiger partial charge < -0.3 is 23.9 Å². The minimum absolute atomic E-state index is 0.0534. The number of ether oxygens (including phenoxy) is 3. The van der Waals surface area contributed by atoms with E-state index in [1.165, 1.54) is 28.9 Å². The molecule has 0 bridgehead atoms. The summed E-state index contributed by atoms with van der Waals surface area (Å²) in [5.74, 6) is -1.02. The third kappa shape index (κ3) is 5.13. The Hall–Kier alpha value is -3.63. The number of hydrogen-bond acceptors (Lipinski definition) is 9. The molecule has 1 N–H and O–H groups in total. The summed E-state index contributed by atoms with van der Waals surface area (Å²) < 4.78 is 21.0. The third-order valence-electron chi connectivity index (χ3n) is 4.87. The van der Waals surface area contributed by atoms with E-state index in [0.29, 0.717) is 27.5 Å². The van der Waals surface area contributed by atoms with Gasteiger partial charge in [-0.2, -0.15) is 0 Å². The van der Waals surface area contributed by atoms with E-state index in [0.717, 1.165) is 10.3 Å². The molecule has 0 saturated heterocycles. The molecule has 1 aromatic carbocycles. The topological polar surface area (TPSA) is 104 Å². The first kappa shape index (κ1) is 23.5. The predicted octanol–water partition coefficient (Wildman–Crippen LogP) is 5.13. The van der Waals surface area contributed by atoms with Gasteiger partial charge in [0.1, 0.15) is 21.9 Å². The highest BCUT2D eigenvalue weighted by atomic mass is 32.1. The van der Waals surface area contributed by atoms with Crippen LogP contribution in [0.2, 0.25) is 0 Å². The molecule has 0 saturated carbocycles. The van der Waals surface area contributed by atoms with Gasteiger partial charge in [0, 0.05) is 32.8 Å². The molecule has 0 aliphatic rings. The number of anilines is 1. The fraction of sp³-hybridized carbons (Fsp3) is 0.208. The van der Waals surface area contributed by atoms with Crippen LogP contribution in [0.1, 0.15) is 22.8 Å². The zero-order valence-corrected chi connectivity index (χ0v) is 20.0. The summed E-state index contributed by atoms with van der Waals surface area (Å²) in [5, 5.41) is 7.46. The van der Waals surface area contributed by atoms with Gasteiger partial charge in [-0.15, -0.1) is 22.7 Å². The number of rotatable bonds is 9. The van der Waals surface area contributed by atoms with E-state index in [-0.39, 0.29) is 18.6 Å². The van der Waals surface area contributed by atoms with Crippen molar-refractivity contribution < 1.29 is 33.0 Å². The van der Waals surface area contributed by atoms with Crippen molar-refractivity contribution in [2.24, 2.45) is 0 Å². The summed E-state index contributed by atoms with van der Waals surface area (Å²) in [6, 6.07) is 9.06. The molecule has 0 aliphatic heterocycles. The monoisotopic (exact) mass is 499 g/mol. The molecule has 4 rings (SSSR count). The second-order valence-corrected chi connectivity index (χ2v) is 8.89. The molecule has 0 atom stereocenters. The van der Waals surface area contributed by atoms with Gasteiger partial charge in [-0.25, -0.2) is 4.79 Å². The van der Waals surface area contributed by atoms with Crippen LogP contribution in [0.5, 0.6) is 5.75 Å². The Labute approximate surface area is 203 Å². The quantitative estimate of drug-likeness (QED) is 0.318. The molecule has 0 spiro atoms. The maximum absolute atomic E-state index is 12.6. The van der Waals surface area contributed by atoms with Gasteiger partial charge in [-0.3, -0.25) is 9.59 Å². The number of methoxy groups -OCH3 is 1. The normalized spacial score (nSPS) is 10.8. The number of fused-ring (bicyclic) bond motifs is 1. The van der Waals surface area contributed by atoms with E-state index in [1.807, 2.05) is 17.5 Å². The Morgan fingerprint density at radius 1 is 1.12 bits per heavy atom. The smallest absolute Gasteiger partial charge is 0.341 e. The summed E-state index contributed by atoms with van der Waals surface area (Å²) in [6.07, 6.45) is 1.43. The first-order valence-corrected chi connectivity index (χ1v) is 12.1. The zero-order valence-electron chi connectivity index (χ0n) is 18.4. The Morgan fingerprint density at radius 2 is 1.97 bits per heavy atom. The number of benzene rings is 1. The van der Waals surface area contributed by atoms with E-state index < -0.39 is 24.5 Å². The van der Waals surface area contributed by atoms with Crippen molar-refractivity contribution in [2.45, 2.75) is 13.3 Å². The lowest BCUT2D eigenvalue weighted by atomic mass is 10.1. The molecule has 10 heteroatoms. The van der Waals surface area contributed by atoms with Gasteiger partial charge in [-0.05, 0) is 30.5 Å². The van der Waals surface area contributed by atoms with Crippen molar-refractivity contribution in [3.8, 4) is 16.2 Å². The lowest BCUT2D eigenvalue weighted by Gasteiger charge is -2.08. The molecule has 0 unspecified atom stereocenters. The maximum atomic E-state index is 12.6. The van der Waals surface area contributed by atoms with Gasteiger partial charge in [0.25, 0.3) is 5.91 Å². The van der Waals surface area contributed by atoms with Gasteiger partial charge in [0.15, 0.2) is 6.61 Å². The average molecular weight is 500 g/mol. The second-order valence-electron chi connectivity index (χ2n) is 7.06. The molecule has 4 aromatic rings. The minimum atomic E-state index is -0.579. The molecule has 0 radical (unpaired) electrons. The maximum Gasteiger partial charge on any atom is 0.341 e. The highest BCUT2D eigenvalue weighted by Crippen LogP contribution is 2.38. The molecule has 3 heterocycles. The molecular weight excluding hydrogens is 478 g/mol. The standard InChI is InChI=1S/C24H21NO7S2/c1-3-30-24(28)22-17(19-5-4-8-33-19)13-34-23(22)25-20(26)12-32-21(27)9-14-11-31-18-10-15(29-2)6-7-16(14)18/h4-8,10-11,13H,3,9,12H2,1-2H3,(H,25,26). The summed E-state index contributed by atoms with van der Waals surface area (Å²) in [7, 11) is 1.56. The Morgan fingerprint density at radius 3 is 2.71 bits per heavy atom. The van der Waals surface area contributed by atoms with Crippen LogP contribution >= 0.6 is 22.7 Å². The molecule has 8 nitrogen and oxygen atoms in total. The number of carbonyl (C=O) groups excluding carboxylic acids is 3. The number of nitrogens with one attached hydrogen (secondary N) is 1. The van der Waals surface area contributed by atoms with Gasteiger partial charge in [0.2, 0.25) is 0 Å². The molecule has 3 aromatic heterocycles. The summed E-state index contributed by atoms with van der Waals surface area (Å²) >= 11 is 2.69. The highest BCUT2D eigenvalue weighted by molar-refractivity contribution is 7.17. The largest absolute Gasteiger partial charge is 0.497 e. The molecule has 0 aliphatic carbocycles. The van der Waals surface area contributed by atoms with Gasteiger partial charge in [0.05, 0.1) is 26.4 Å². The third-order valence-corrected chi connectivity index (χ3v) is 6.67. The van der Waals surface area contributed by atoms with Crippen LogP contribution in [0.3, 0.4) is 0 Å². The van der Waals surface area contributed by atoms with Crippen LogP contribution in [0.4, 0.5) is 5.00 Å². The van der Waals surface area contributed by atoms with E-state index >= 15 is 0 Å². The summed E-state index contributed by atoms with van der Waals surface area (Å²) in [4.78, 5) is 38.2. The minimum Gasteiger partial charge on any atom is -0.497 e. The number of hydrogen-bond donors (Lipinski definition) is 1. The molecule has 176 valence electrons. The van der Waals surface area contributed by atoms with E-state index in [2.05, 4.69) is 5.32 Å². The molecule has 0 fully saturated rings. The number of amides is 1. The van der Waals surface area contributed by atoms with Crippen LogP contribution in [-0.4, -0.2) is 38.2 Å². The summed E-state index contributed by atoms with van der Waals surface area (Å²) in [6.45, 7) is 1.43. The predicted molar refractivity (Wildman–Crippen MR) is 130 cm³/mol. The first-order valence-electron chi connectivity index (χ1n) is 10.3. The van der Waals surface area contributed by atoms with E-state index in [1.54, 1.807) is 37.6 Å². The number of furan rings is 1. The van der Waals surface area contributed by atoms with E-state index in [4.69, 9.17) is 18.6 Å². The van der Waals surface area contributed by atoms with Crippen molar-refractivity contribution in [3.63, 3.8) is 0 Å². The fourth-order valence-corrected chi connectivity index (χ4v) is 5.10. The fourth-order valence-electron chi connectivity index (χ4n) is 3.31. The number of esters is 2. The van der Waals surface area contributed by atoms with E-state index in [9.17, 15) is 14.4 Å². The van der Waals surface area contributed by atoms with Crippen molar-refractivity contribution >= 4 is 56.5 Å². The Kier molecular flexibility index (Phi) is 7.29. The lowest BCUT2D eigenvalue weighted by Crippen LogP contribution is -2.22. The van der Waals surface area contributed by atoms with Crippen molar-refractivity contribution in [3.05, 3.63) is 58.5 Å². The highest BCUT2D eigenvalue weighted by Gasteiger charge is 2.23. The molecule has 34 heavy (non-hydrogen) atoms.